The molecule has 106 valence electrons. The van der Waals surface area contributed by atoms with Crippen molar-refractivity contribution in [3.8, 4) is 11.3 Å². The molecule has 2 aromatic heterocycles. The summed E-state index contributed by atoms with van der Waals surface area (Å²) in [5.41, 5.74) is 7.90. The fraction of sp³-hybridized carbons (Fsp3) is 0.316. The Morgan fingerprint density at radius 2 is 2.19 bits per heavy atom. The molecule has 1 aliphatic carbocycles. The maximum absolute atomic E-state index is 4.62. The smallest absolute Gasteiger partial charge is 0.0518 e. The van der Waals surface area contributed by atoms with Crippen molar-refractivity contribution in [3.05, 3.63) is 53.3 Å². The van der Waals surface area contributed by atoms with Gasteiger partial charge in [0.1, 0.15) is 0 Å². The van der Waals surface area contributed by atoms with E-state index >= 15 is 0 Å². The molecular formula is C19H20N2. The highest BCUT2D eigenvalue weighted by Gasteiger charge is 2.28. The molecule has 2 heteroatoms. The lowest BCUT2D eigenvalue weighted by Gasteiger charge is -2.24. The average Bonchev–Trinajstić information content (AvgIpc) is 2.86. The minimum Gasteiger partial charge on any atom is -0.354 e. The summed E-state index contributed by atoms with van der Waals surface area (Å²) in [4.78, 5) is 8.28. The Morgan fingerprint density at radius 1 is 1.29 bits per heavy atom. The van der Waals surface area contributed by atoms with Crippen LogP contribution in [0.5, 0.6) is 0 Å². The fourth-order valence-electron chi connectivity index (χ4n) is 3.73. The Kier molecular flexibility index (Phi) is 2.85. The van der Waals surface area contributed by atoms with E-state index < -0.39 is 0 Å². The molecular weight excluding hydrogens is 256 g/mol. The van der Waals surface area contributed by atoms with Gasteiger partial charge in [-0.1, -0.05) is 25.5 Å². The van der Waals surface area contributed by atoms with Crippen molar-refractivity contribution in [2.75, 3.05) is 0 Å². The minimum absolute atomic E-state index is 0.587. The second-order valence-electron chi connectivity index (χ2n) is 6.15. The van der Waals surface area contributed by atoms with Crippen LogP contribution in [0.15, 0.2) is 36.5 Å². The van der Waals surface area contributed by atoms with Crippen LogP contribution >= 0.6 is 0 Å². The van der Waals surface area contributed by atoms with E-state index in [1.165, 1.54) is 51.8 Å². The highest BCUT2D eigenvalue weighted by atomic mass is 14.8. The Morgan fingerprint density at radius 3 is 3.05 bits per heavy atom. The van der Waals surface area contributed by atoms with Crippen molar-refractivity contribution in [1.82, 2.24) is 9.97 Å². The van der Waals surface area contributed by atoms with E-state index in [-0.39, 0.29) is 0 Å². The molecule has 0 spiro atoms. The van der Waals surface area contributed by atoms with Crippen LogP contribution in [0.3, 0.4) is 0 Å². The van der Waals surface area contributed by atoms with E-state index in [4.69, 9.17) is 0 Å². The molecule has 0 amide bonds. The lowest BCUT2D eigenvalue weighted by molar-refractivity contribution is 0.601. The second-order valence-corrected chi connectivity index (χ2v) is 6.15. The summed E-state index contributed by atoms with van der Waals surface area (Å²) in [6.07, 6.45) is 5.42. The van der Waals surface area contributed by atoms with Gasteiger partial charge in [0.05, 0.1) is 11.4 Å². The van der Waals surface area contributed by atoms with Crippen LogP contribution in [0.25, 0.3) is 22.2 Å². The van der Waals surface area contributed by atoms with Crippen LogP contribution in [-0.2, 0) is 6.42 Å². The van der Waals surface area contributed by atoms with Gasteiger partial charge in [0.2, 0.25) is 0 Å². The van der Waals surface area contributed by atoms with Crippen molar-refractivity contribution in [3.63, 3.8) is 0 Å². The number of hydrogen-bond acceptors (Lipinski definition) is 1. The van der Waals surface area contributed by atoms with Crippen molar-refractivity contribution in [1.29, 1.82) is 0 Å². The van der Waals surface area contributed by atoms with Crippen molar-refractivity contribution >= 4 is 10.9 Å². The van der Waals surface area contributed by atoms with Gasteiger partial charge in [-0.05, 0) is 55.0 Å². The molecule has 0 saturated heterocycles. The summed E-state index contributed by atoms with van der Waals surface area (Å²) in [7, 11) is 0. The van der Waals surface area contributed by atoms with Gasteiger partial charge in [-0.15, -0.1) is 0 Å². The third-order valence-electron chi connectivity index (χ3n) is 4.64. The van der Waals surface area contributed by atoms with Crippen LogP contribution in [0.2, 0.25) is 0 Å². The molecule has 0 saturated carbocycles. The molecule has 1 atom stereocenters. The SMILES string of the molecule is CCCC1Cc2ncccc2-c2[nH]c3cc(C)ccc3c21. The highest BCUT2D eigenvalue weighted by Crippen LogP contribution is 2.44. The van der Waals surface area contributed by atoms with Crippen molar-refractivity contribution < 1.29 is 0 Å². The fourth-order valence-corrected chi connectivity index (χ4v) is 3.73. The number of benzene rings is 1. The number of aryl methyl sites for hydroxylation is 1. The molecule has 4 rings (SSSR count). The van der Waals surface area contributed by atoms with Gasteiger partial charge in [0, 0.05) is 22.7 Å². The van der Waals surface area contributed by atoms with Gasteiger partial charge in [-0.3, -0.25) is 4.98 Å². The summed E-state index contributed by atoms with van der Waals surface area (Å²) in [6, 6.07) is 11.0. The van der Waals surface area contributed by atoms with E-state index in [0.29, 0.717) is 5.92 Å². The Balaban J connectivity index is 2.02. The molecule has 1 aliphatic rings. The van der Waals surface area contributed by atoms with Gasteiger partial charge < -0.3 is 4.98 Å². The summed E-state index contributed by atoms with van der Waals surface area (Å²) >= 11 is 0. The summed E-state index contributed by atoms with van der Waals surface area (Å²) in [6.45, 7) is 4.42. The van der Waals surface area contributed by atoms with E-state index in [9.17, 15) is 0 Å². The van der Waals surface area contributed by atoms with Crippen molar-refractivity contribution in [2.24, 2.45) is 0 Å². The summed E-state index contributed by atoms with van der Waals surface area (Å²) in [5, 5.41) is 1.39. The van der Waals surface area contributed by atoms with E-state index in [1.54, 1.807) is 0 Å². The van der Waals surface area contributed by atoms with Gasteiger partial charge in [0.25, 0.3) is 0 Å². The molecule has 1 N–H and O–H groups in total. The van der Waals surface area contributed by atoms with Crippen LogP contribution in [-0.4, -0.2) is 9.97 Å². The number of nitrogens with zero attached hydrogens (tertiary/aromatic N) is 1. The quantitative estimate of drug-likeness (QED) is 0.702. The predicted octanol–water partition coefficient (Wildman–Crippen LogP) is 4.98. The van der Waals surface area contributed by atoms with Crippen LogP contribution in [0.4, 0.5) is 0 Å². The Labute approximate surface area is 125 Å². The molecule has 0 bridgehead atoms. The lowest BCUT2D eigenvalue weighted by Crippen LogP contribution is -2.11. The van der Waals surface area contributed by atoms with Gasteiger partial charge in [-0.25, -0.2) is 0 Å². The zero-order valence-corrected chi connectivity index (χ0v) is 12.6. The number of aromatic amines is 1. The molecule has 21 heavy (non-hydrogen) atoms. The number of pyridine rings is 1. The van der Waals surface area contributed by atoms with Gasteiger partial charge >= 0.3 is 0 Å². The monoisotopic (exact) mass is 276 g/mol. The zero-order chi connectivity index (χ0) is 14.4. The molecule has 2 heterocycles. The van der Waals surface area contributed by atoms with E-state index in [0.717, 1.165) is 6.42 Å². The molecule has 0 radical (unpaired) electrons. The number of nitrogens with one attached hydrogen (secondary N) is 1. The topological polar surface area (TPSA) is 28.7 Å². The Hall–Kier alpha value is -2.09. The Bertz CT molecular complexity index is 814. The molecule has 1 aromatic carbocycles. The normalized spacial score (nSPS) is 16.8. The first-order chi connectivity index (χ1) is 10.3. The van der Waals surface area contributed by atoms with E-state index in [1.807, 2.05) is 12.3 Å². The highest BCUT2D eigenvalue weighted by molar-refractivity contribution is 5.93. The van der Waals surface area contributed by atoms with Gasteiger partial charge in [-0.2, -0.15) is 0 Å². The molecule has 0 aliphatic heterocycles. The lowest BCUT2D eigenvalue weighted by atomic mass is 9.81. The number of fused-ring (bicyclic) bond motifs is 5. The average molecular weight is 276 g/mol. The third kappa shape index (κ3) is 1.90. The van der Waals surface area contributed by atoms with Crippen molar-refractivity contribution in [2.45, 2.75) is 39.0 Å². The number of aromatic nitrogens is 2. The van der Waals surface area contributed by atoms with Crippen LogP contribution in [0, 0.1) is 6.92 Å². The van der Waals surface area contributed by atoms with Crippen LogP contribution in [0.1, 0.15) is 42.5 Å². The van der Waals surface area contributed by atoms with Gasteiger partial charge in [0.15, 0.2) is 0 Å². The molecule has 3 aromatic rings. The summed E-state index contributed by atoms with van der Waals surface area (Å²) < 4.78 is 0. The maximum atomic E-state index is 4.62. The largest absolute Gasteiger partial charge is 0.354 e. The minimum atomic E-state index is 0.587. The molecule has 0 fully saturated rings. The number of hydrogen-bond donors (Lipinski definition) is 1. The number of rotatable bonds is 2. The molecule has 1 unspecified atom stereocenters. The number of H-pyrrole nitrogens is 1. The predicted molar refractivity (Wildman–Crippen MR) is 87.6 cm³/mol. The standard InChI is InChI=1S/C19H20N2/c1-3-5-13-11-16-15(6-4-9-20-16)19-18(13)14-8-7-12(2)10-17(14)21-19/h4,6-10,13,21H,3,5,11H2,1-2H3. The zero-order valence-electron chi connectivity index (χ0n) is 12.6. The third-order valence-corrected chi connectivity index (χ3v) is 4.64. The first kappa shape index (κ1) is 12.6. The first-order valence-electron chi connectivity index (χ1n) is 7.84. The maximum Gasteiger partial charge on any atom is 0.0518 e. The van der Waals surface area contributed by atoms with Crippen LogP contribution < -0.4 is 0 Å². The molecule has 2 nitrogen and oxygen atoms in total. The first-order valence-corrected chi connectivity index (χ1v) is 7.84. The van der Waals surface area contributed by atoms with E-state index in [2.05, 4.69) is 48.1 Å². The second kappa shape index (κ2) is 4.73. The summed E-state index contributed by atoms with van der Waals surface area (Å²) in [5.74, 6) is 0.587.